The van der Waals surface area contributed by atoms with Gasteiger partial charge in [0.25, 0.3) is 0 Å². The second kappa shape index (κ2) is 4.37. The van der Waals surface area contributed by atoms with Crippen molar-refractivity contribution < 1.29 is 4.79 Å². The smallest absolute Gasteiger partial charge is 0.209 e. The normalized spacial score (nSPS) is 11.3. The number of amides is 1. The van der Waals surface area contributed by atoms with Gasteiger partial charge in [-0.3, -0.25) is 4.79 Å². The van der Waals surface area contributed by atoms with E-state index in [9.17, 15) is 4.79 Å². The van der Waals surface area contributed by atoms with Gasteiger partial charge in [-0.2, -0.15) is 0 Å². The molecule has 0 spiro atoms. The monoisotopic (exact) mass is 157 g/mol. The van der Waals surface area contributed by atoms with Crippen molar-refractivity contribution in [2.24, 2.45) is 5.41 Å². The molecule has 0 rings (SSSR count). The summed E-state index contributed by atoms with van der Waals surface area (Å²) in [6.07, 6.45) is 1.99. The molecular formula is C9H19NO. The van der Waals surface area contributed by atoms with E-state index in [-0.39, 0.29) is 0 Å². The molecule has 0 unspecified atom stereocenters. The fourth-order valence-electron chi connectivity index (χ4n) is 0.764. The van der Waals surface area contributed by atoms with Crippen molar-refractivity contribution in [1.29, 1.82) is 0 Å². The molecule has 0 heterocycles. The highest BCUT2D eigenvalue weighted by atomic mass is 16.1. The van der Waals surface area contributed by atoms with Crippen molar-refractivity contribution in [3.8, 4) is 0 Å². The van der Waals surface area contributed by atoms with Crippen LogP contribution in [0.5, 0.6) is 0 Å². The quantitative estimate of drug-likeness (QED) is 0.571. The molecule has 0 fully saturated rings. The van der Waals surface area contributed by atoms with Crippen LogP contribution in [0.3, 0.4) is 0 Å². The maximum absolute atomic E-state index is 10.4. The lowest BCUT2D eigenvalue weighted by Crippen LogP contribution is -2.25. The van der Waals surface area contributed by atoms with E-state index in [2.05, 4.69) is 20.8 Å². The zero-order valence-corrected chi connectivity index (χ0v) is 8.05. The molecule has 0 aromatic rings. The van der Waals surface area contributed by atoms with Crippen LogP contribution in [0.4, 0.5) is 0 Å². The van der Waals surface area contributed by atoms with Crippen molar-refractivity contribution >= 4 is 6.41 Å². The summed E-state index contributed by atoms with van der Waals surface area (Å²) in [5.74, 6) is 0. The highest BCUT2D eigenvalue weighted by Gasteiger charge is 2.10. The molecule has 0 bridgehead atoms. The second-order valence-electron chi connectivity index (χ2n) is 4.04. The summed E-state index contributed by atoms with van der Waals surface area (Å²) in [5, 5.41) is 0. The minimum Gasteiger partial charge on any atom is -0.346 e. The summed E-state index contributed by atoms with van der Waals surface area (Å²) in [6.45, 7) is 10.3. The van der Waals surface area contributed by atoms with Crippen molar-refractivity contribution in [2.75, 3.05) is 13.1 Å². The molecule has 0 radical (unpaired) electrons. The lowest BCUT2D eigenvalue weighted by molar-refractivity contribution is -0.118. The highest BCUT2D eigenvalue weighted by Crippen LogP contribution is 2.18. The predicted molar refractivity (Wildman–Crippen MR) is 47.4 cm³/mol. The van der Waals surface area contributed by atoms with E-state index in [0.717, 1.165) is 25.9 Å². The fraction of sp³-hybridized carbons (Fsp3) is 0.889. The molecular weight excluding hydrogens is 138 g/mol. The van der Waals surface area contributed by atoms with Crippen molar-refractivity contribution in [1.82, 2.24) is 4.90 Å². The summed E-state index contributed by atoms with van der Waals surface area (Å²) in [6, 6.07) is 0. The van der Waals surface area contributed by atoms with Crippen LogP contribution >= 0.6 is 0 Å². The zero-order valence-electron chi connectivity index (χ0n) is 8.05. The van der Waals surface area contributed by atoms with Crippen LogP contribution < -0.4 is 0 Å². The maximum atomic E-state index is 10.4. The number of carbonyl (C=O) groups excluding carboxylic acids is 1. The summed E-state index contributed by atoms with van der Waals surface area (Å²) in [4.78, 5) is 12.2. The van der Waals surface area contributed by atoms with Crippen LogP contribution in [0.15, 0.2) is 0 Å². The summed E-state index contributed by atoms with van der Waals surface area (Å²) in [5.41, 5.74) is 0.330. The third-order valence-corrected chi connectivity index (χ3v) is 1.70. The van der Waals surface area contributed by atoms with Gasteiger partial charge in [0.05, 0.1) is 0 Å². The Kier molecular flexibility index (Phi) is 4.16. The Hall–Kier alpha value is -0.530. The van der Waals surface area contributed by atoms with Crippen molar-refractivity contribution in [2.45, 2.75) is 34.1 Å². The first-order valence-electron chi connectivity index (χ1n) is 4.19. The lowest BCUT2D eigenvalue weighted by Gasteiger charge is -2.22. The van der Waals surface area contributed by atoms with Crippen molar-refractivity contribution in [3.05, 3.63) is 0 Å². The summed E-state index contributed by atoms with van der Waals surface area (Å²) < 4.78 is 0. The van der Waals surface area contributed by atoms with E-state index >= 15 is 0 Å². The first-order valence-corrected chi connectivity index (χ1v) is 4.19. The van der Waals surface area contributed by atoms with Crippen LogP contribution in [0.1, 0.15) is 34.1 Å². The molecule has 0 N–H and O–H groups in total. The standard InChI is InChI=1S/C9H19NO/c1-5-10(8-11)7-6-9(2,3)4/h8H,5-7H2,1-4H3. The van der Waals surface area contributed by atoms with Crippen LogP contribution in [0, 0.1) is 5.41 Å². The van der Waals surface area contributed by atoms with Crippen LogP contribution in [0.2, 0.25) is 0 Å². The largest absolute Gasteiger partial charge is 0.346 e. The van der Waals surface area contributed by atoms with Crippen LogP contribution in [0.25, 0.3) is 0 Å². The Bertz CT molecular complexity index is 115. The van der Waals surface area contributed by atoms with Gasteiger partial charge in [0.1, 0.15) is 0 Å². The Morgan fingerprint density at radius 2 is 1.91 bits per heavy atom. The zero-order chi connectivity index (χ0) is 8.91. The first kappa shape index (κ1) is 10.5. The number of carbonyl (C=O) groups is 1. The van der Waals surface area contributed by atoms with Crippen LogP contribution in [-0.2, 0) is 4.79 Å². The van der Waals surface area contributed by atoms with E-state index < -0.39 is 0 Å². The fourth-order valence-corrected chi connectivity index (χ4v) is 0.764. The molecule has 2 nitrogen and oxygen atoms in total. The number of nitrogens with zero attached hydrogens (tertiary/aromatic N) is 1. The van der Waals surface area contributed by atoms with E-state index in [1.807, 2.05) is 6.92 Å². The van der Waals surface area contributed by atoms with Gasteiger partial charge in [-0.25, -0.2) is 0 Å². The third-order valence-electron chi connectivity index (χ3n) is 1.70. The predicted octanol–water partition coefficient (Wildman–Crippen LogP) is 1.90. The van der Waals surface area contributed by atoms with Gasteiger partial charge in [-0.15, -0.1) is 0 Å². The Morgan fingerprint density at radius 1 is 1.36 bits per heavy atom. The average Bonchev–Trinajstić information content (AvgIpc) is 1.88. The van der Waals surface area contributed by atoms with E-state index in [0.29, 0.717) is 5.41 Å². The van der Waals surface area contributed by atoms with Crippen molar-refractivity contribution in [3.63, 3.8) is 0 Å². The molecule has 0 aliphatic carbocycles. The van der Waals surface area contributed by atoms with Gasteiger partial charge >= 0.3 is 0 Å². The van der Waals surface area contributed by atoms with E-state index in [1.54, 1.807) is 4.90 Å². The number of hydrogen-bond donors (Lipinski definition) is 0. The number of hydrogen-bond acceptors (Lipinski definition) is 1. The van der Waals surface area contributed by atoms with Crippen LogP contribution in [-0.4, -0.2) is 24.4 Å². The molecule has 0 aliphatic heterocycles. The Labute approximate surface area is 69.6 Å². The molecule has 2 heteroatoms. The molecule has 0 atom stereocenters. The summed E-state index contributed by atoms with van der Waals surface area (Å²) in [7, 11) is 0. The molecule has 11 heavy (non-hydrogen) atoms. The Morgan fingerprint density at radius 3 is 2.18 bits per heavy atom. The topological polar surface area (TPSA) is 20.3 Å². The van der Waals surface area contributed by atoms with E-state index in [1.165, 1.54) is 0 Å². The molecule has 0 saturated carbocycles. The first-order chi connectivity index (χ1) is 4.99. The van der Waals surface area contributed by atoms with Gasteiger partial charge in [-0.05, 0) is 18.8 Å². The molecule has 0 aromatic carbocycles. The van der Waals surface area contributed by atoms with Gasteiger partial charge in [0.15, 0.2) is 0 Å². The van der Waals surface area contributed by atoms with Gasteiger partial charge in [0, 0.05) is 13.1 Å². The molecule has 66 valence electrons. The minimum absolute atomic E-state index is 0.330. The minimum atomic E-state index is 0.330. The SMILES string of the molecule is CCN(C=O)CCC(C)(C)C. The third kappa shape index (κ3) is 5.89. The Balaban J connectivity index is 3.59. The van der Waals surface area contributed by atoms with Gasteiger partial charge in [-0.1, -0.05) is 20.8 Å². The maximum Gasteiger partial charge on any atom is 0.209 e. The number of rotatable bonds is 4. The lowest BCUT2D eigenvalue weighted by atomic mass is 9.92. The summed E-state index contributed by atoms with van der Waals surface area (Å²) >= 11 is 0. The second-order valence-corrected chi connectivity index (χ2v) is 4.04. The van der Waals surface area contributed by atoms with Gasteiger partial charge in [0.2, 0.25) is 6.41 Å². The molecule has 0 aromatic heterocycles. The van der Waals surface area contributed by atoms with E-state index in [4.69, 9.17) is 0 Å². The molecule has 0 aliphatic rings. The average molecular weight is 157 g/mol. The molecule has 0 saturated heterocycles. The molecule has 1 amide bonds. The van der Waals surface area contributed by atoms with Gasteiger partial charge < -0.3 is 4.90 Å². The highest BCUT2D eigenvalue weighted by molar-refractivity contribution is 5.46.